The van der Waals surface area contributed by atoms with E-state index in [4.69, 9.17) is 4.74 Å². The highest BCUT2D eigenvalue weighted by atomic mass is 16.5. The lowest BCUT2D eigenvalue weighted by molar-refractivity contribution is -0.118. The number of rotatable bonds is 6. The zero-order valence-corrected chi connectivity index (χ0v) is 12.9. The van der Waals surface area contributed by atoms with Gasteiger partial charge in [0.2, 0.25) is 0 Å². The van der Waals surface area contributed by atoms with Crippen LogP contribution >= 0.6 is 0 Å². The van der Waals surface area contributed by atoms with Crippen LogP contribution in [0, 0.1) is 0 Å². The van der Waals surface area contributed by atoms with Crippen molar-refractivity contribution >= 4 is 11.6 Å². The maximum atomic E-state index is 12.0. The number of amides is 1. The maximum absolute atomic E-state index is 12.0. The molecule has 116 valence electrons. The smallest absolute Gasteiger partial charge is 0.262 e. The van der Waals surface area contributed by atoms with Crippen LogP contribution in [0.5, 0.6) is 5.75 Å². The minimum Gasteiger partial charge on any atom is -0.484 e. The molecule has 4 heteroatoms. The van der Waals surface area contributed by atoms with Crippen LogP contribution < -0.4 is 10.1 Å². The Balaban J connectivity index is 1.94. The molecule has 4 nitrogen and oxygen atoms in total. The predicted molar refractivity (Wildman–Crippen MR) is 87.0 cm³/mol. The summed E-state index contributed by atoms with van der Waals surface area (Å²) >= 11 is 0. The molecule has 0 saturated heterocycles. The maximum Gasteiger partial charge on any atom is 0.262 e. The van der Waals surface area contributed by atoms with E-state index in [0.29, 0.717) is 5.75 Å². The lowest BCUT2D eigenvalue weighted by Gasteiger charge is -2.11. The number of hydrogen-bond acceptors (Lipinski definition) is 3. The van der Waals surface area contributed by atoms with Crippen LogP contribution in [-0.4, -0.2) is 17.6 Å². The van der Waals surface area contributed by atoms with Crippen LogP contribution in [0.3, 0.4) is 0 Å². The molecule has 2 aromatic rings. The zero-order valence-electron chi connectivity index (χ0n) is 12.9. The lowest BCUT2D eigenvalue weighted by atomic mass is 10.1. The third-order valence-corrected chi connectivity index (χ3v) is 3.38. The Hall–Kier alpha value is -2.33. The second-order valence-electron chi connectivity index (χ2n) is 5.10. The Morgan fingerprint density at radius 2 is 2.00 bits per heavy atom. The number of carbonyl (C=O) groups excluding carboxylic acids is 1. The number of para-hydroxylation sites is 1. The van der Waals surface area contributed by atoms with Crippen molar-refractivity contribution in [3.8, 4) is 5.75 Å². The molecule has 0 aliphatic carbocycles. The number of aliphatic hydroxyl groups excluding tert-OH is 1. The fourth-order valence-electron chi connectivity index (χ4n) is 2.15. The molecular formula is C18H21NO3. The van der Waals surface area contributed by atoms with Crippen LogP contribution in [0.15, 0.2) is 48.5 Å². The standard InChI is InChI=1S/C18H21NO3/c1-3-14-7-4-5-10-17(14)19-18(21)12-22-16-9-6-8-15(11-16)13(2)20/h4-11,13,20H,3,12H2,1-2H3,(H,19,21). The van der Waals surface area contributed by atoms with Gasteiger partial charge in [0.25, 0.3) is 5.91 Å². The number of ether oxygens (including phenoxy) is 1. The summed E-state index contributed by atoms with van der Waals surface area (Å²) < 4.78 is 5.48. The molecule has 1 amide bonds. The largest absolute Gasteiger partial charge is 0.484 e. The lowest BCUT2D eigenvalue weighted by Crippen LogP contribution is -2.20. The van der Waals surface area contributed by atoms with Gasteiger partial charge >= 0.3 is 0 Å². The summed E-state index contributed by atoms with van der Waals surface area (Å²) in [7, 11) is 0. The van der Waals surface area contributed by atoms with Crippen molar-refractivity contribution in [3.05, 3.63) is 59.7 Å². The van der Waals surface area contributed by atoms with Crippen molar-refractivity contribution in [3.63, 3.8) is 0 Å². The van der Waals surface area contributed by atoms with Gasteiger partial charge in [-0.2, -0.15) is 0 Å². The zero-order chi connectivity index (χ0) is 15.9. The average Bonchev–Trinajstić information content (AvgIpc) is 2.53. The van der Waals surface area contributed by atoms with Gasteiger partial charge in [0.05, 0.1) is 6.10 Å². The number of nitrogens with one attached hydrogen (secondary N) is 1. The number of carbonyl (C=O) groups is 1. The second-order valence-corrected chi connectivity index (χ2v) is 5.10. The van der Waals surface area contributed by atoms with Crippen molar-refractivity contribution in [2.75, 3.05) is 11.9 Å². The van der Waals surface area contributed by atoms with E-state index in [0.717, 1.165) is 23.2 Å². The molecule has 2 aromatic carbocycles. The summed E-state index contributed by atoms with van der Waals surface area (Å²) in [5.41, 5.74) is 2.66. The van der Waals surface area contributed by atoms with Gasteiger partial charge in [-0.3, -0.25) is 4.79 Å². The van der Waals surface area contributed by atoms with Gasteiger partial charge in [0.1, 0.15) is 5.75 Å². The van der Waals surface area contributed by atoms with Crippen molar-refractivity contribution in [2.45, 2.75) is 26.4 Å². The van der Waals surface area contributed by atoms with E-state index >= 15 is 0 Å². The third kappa shape index (κ3) is 4.33. The van der Waals surface area contributed by atoms with Crippen LogP contribution in [-0.2, 0) is 11.2 Å². The van der Waals surface area contributed by atoms with Crippen molar-refractivity contribution in [1.29, 1.82) is 0 Å². The molecule has 0 aromatic heterocycles. The third-order valence-electron chi connectivity index (χ3n) is 3.38. The highest BCUT2D eigenvalue weighted by Crippen LogP contribution is 2.19. The van der Waals surface area contributed by atoms with Crippen molar-refractivity contribution in [2.24, 2.45) is 0 Å². The fourth-order valence-corrected chi connectivity index (χ4v) is 2.15. The van der Waals surface area contributed by atoms with E-state index < -0.39 is 6.10 Å². The molecule has 0 bridgehead atoms. The van der Waals surface area contributed by atoms with Crippen molar-refractivity contribution < 1.29 is 14.6 Å². The first kappa shape index (κ1) is 16.0. The van der Waals surface area contributed by atoms with Crippen LogP contribution in [0.2, 0.25) is 0 Å². The van der Waals surface area contributed by atoms with Crippen LogP contribution in [0.1, 0.15) is 31.1 Å². The average molecular weight is 299 g/mol. The highest BCUT2D eigenvalue weighted by Gasteiger charge is 2.07. The molecule has 2 rings (SSSR count). The summed E-state index contributed by atoms with van der Waals surface area (Å²) in [5, 5.41) is 12.4. The van der Waals surface area contributed by atoms with Gasteiger partial charge in [-0.1, -0.05) is 37.3 Å². The number of benzene rings is 2. The first-order chi connectivity index (χ1) is 10.6. The van der Waals surface area contributed by atoms with Gasteiger partial charge in [-0.15, -0.1) is 0 Å². The van der Waals surface area contributed by atoms with Crippen LogP contribution in [0.4, 0.5) is 5.69 Å². The molecule has 22 heavy (non-hydrogen) atoms. The Bertz CT molecular complexity index is 638. The van der Waals surface area contributed by atoms with Crippen LogP contribution in [0.25, 0.3) is 0 Å². The Labute approximate surface area is 130 Å². The number of hydrogen-bond donors (Lipinski definition) is 2. The molecule has 0 saturated carbocycles. The van der Waals surface area contributed by atoms with E-state index in [1.807, 2.05) is 37.3 Å². The molecule has 1 unspecified atom stereocenters. The number of aliphatic hydroxyl groups is 1. The molecule has 1 atom stereocenters. The molecule has 0 radical (unpaired) electrons. The quantitative estimate of drug-likeness (QED) is 0.860. The van der Waals surface area contributed by atoms with Gasteiger partial charge in [0.15, 0.2) is 6.61 Å². The number of anilines is 1. The minimum absolute atomic E-state index is 0.0681. The Morgan fingerprint density at radius 3 is 2.73 bits per heavy atom. The molecular weight excluding hydrogens is 278 g/mol. The molecule has 0 aliphatic heterocycles. The molecule has 2 N–H and O–H groups in total. The predicted octanol–water partition coefficient (Wildman–Crippen LogP) is 3.32. The Kier molecular flexibility index (Phi) is 5.55. The SMILES string of the molecule is CCc1ccccc1NC(=O)COc1cccc(C(C)O)c1. The van der Waals surface area contributed by atoms with Gasteiger partial charge in [-0.05, 0) is 42.7 Å². The topological polar surface area (TPSA) is 58.6 Å². The number of aryl methyl sites for hydroxylation is 1. The second kappa shape index (κ2) is 7.61. The van der Waals surface area contributed by atoms with E-state index in [2.05, 4.69) is 5.32 Å². The van der Waals surface area contributed by atoms with E-state index in [9.17, 15) is 9.90 Å². The fraction of sp³-hybridized carbons (Fsp3) is 0.278. The molecule has 0 fully saturated rings. The molecule has 0 aliphatic rings. The summed E-state index contributed by atoms with van der Waals surface area (Å²) in [6, 6.07) is 14.8. The van der Waals surface area contributed by atoms with E-state index in [1.165, 1.54) is 0 Å². The minimum atomic E-state index is -0.561. The normalized spacial score (nSPS) is 11.8. The van der Waals surface area contributed by atoms with Crippen molar-refractivity contribution in [1.82, 2.24) is 0 Å². The molecule has 0 heterocycles. The van der Waals surface area contributed by atoms with Gasteiger partial charge in [-0.25, -0.2) is 0 Å². The highest BCUT2D eigenvalue weighted by molar-refractivity contribution is 5.92. The summed E-state index contributed by atoms with van der Waals surface area (Å²) in [6.45, 7) is 3.66. The first-order valence-corrected chi connectivity index (χ1v) is 7.38. The monoisotopic (exact) mass is 299 g/mol. The van der Waals surface area contributed by atoms with Gasteiger partial charge in [0, 0.05) is 5.69 Å². The first-order valence-electron chi connectivity index (χ1n) is 7.38. The summed E-state index contributed by atoms with van der Waals surface area (Å²) in [5.74, 6) is 0.362. The van der Waals surface area contributed by atoms with Gasteiger partial charge < -0.3 is 15.2 Å². The molecule has 0 spiro atoms. The van der Waals surface area contributed by atoms with E-state index in [-0.39, 0.29) is 12.5 Å². The summed E-state index contributed by atoms with van der Waals surface area (Å²) in [4.78, 5) is 12.0. The summed E-state index contributed by atoms with van der Waals surface area (Å²) in [6.07, 6.45) is 0.294. The Morgan fingerprint density at radius 1 is 1.23 bits per heavy atom. The van der Waals surface area contributed by atoms with E-state index in [1.54, 1.807) is 25.1 Å².